The van der Waals surface area contributed by atoms with Crippen LogP contribution in [0, 0.1) is 0 Å². The van der Waals surface area contributed by atoms with Crippen molar-refractivity contribution in [1.82, 2.24) is 14.9 Å². The first-order valence-electron chi connectivity index (χ1n) is 7.67. The van der Waals surface area contributed by atoms with Gasteiger partial charge in [0.25, 0.3) is 0 Å². The highest BCUT2D eigenvalue weighted by Crippen LogP contribution is 2.31. The number of nitrogen functional groups attached to an aromatic ring is 1. The summed E-state index contributed by atoms with van der Waals surface area (Å²) in [7, 11) is 2.10. The molecule has 0 aliphatic carbocycles. The molecule has 0 bridgehead atoms. The van der Waals surface area contributed by atoms with E-state index in [0.29, 0.717) is 5.95 Å². The minimum atomic E-state index is 0.370. The van der Waals surface area contributed by atoms with Crippen molar-refractivity contribution in [2.24, 2.45) is 0 Å². The van der Waals surface area contributed by atoms with Gasteiger partial charge in [-0.3, -0.25) is 0 Å². The van der Waals surface area contributed by atoms with E-state index in [-0.39, 0.29) is 0 Å². The monoisotopic (exact) mass is 305 g/mol. The van der Waals surface area contributed by atoms with Crippen molar-refractivity contribution in [3.8, 4) is 0 Å². The van der Waals surface area contributed by atoms with E-state index in [1.54, 1.807) is 11.3 Å². The van der Waals surface area contributed by atoms with Gasteiger partial charge in [-0.05, 0) is 38.4 Å². The highest BCUT2D eigenvalue weighted by Gasteiger charge is 2.16. The Morgan fingerprint density at radius 3 is 2.81 bits per heavy atom. The molecule has 5 nitrogen and oxygen atoms in total. The smallest absolute Gasteiger partial charge is 0.223 e. The fourth-order valence-electron chi connectivity index (χ4n) is 2.84. The molecule has 2 N–H and O–H groups in total. The van der Waals surface area contributed by atoms with Crippen LogP contribution in [0.2, 0.25) is 0 Å². The Hall–Kier alpha value is -1.40. The summed E-state index contributed by atoms with van der Waals surface area (Å²) in [4.78, 5) is 15.9. The second-order valence-corrected chi connectivity index (χ2v) is 6.78. The number of likely N-dealkylation sites (tertiary alicyclic amines) is 1. The Bertz CT molecular complexity index is 618. The Morgan fingerprint density at radius 1 is 1.33 bits per heavy atom. The van der Waals surface area contributed by atoms with Crippen LogP contribution in [-0.4, -0.2) is 48.1 Å². The summed E-state index contributed by atoms with van der Waals surface area (Å²) in [6, 6.07) is 2.21. The number of nitrogens with two attached hydrogens (primary N) is 1. The molecule has 0 aromatic carbocycles. The molecule has 0 atom stereocenters. The number of aryl methyl sites for hydroxylation is 1. The van der Waals surface area contributed by atoms with Crippen molar-refractivity contribution >= 4 is 33.3 Å². The molecule has 0 saturated carbocycles. The maximum Gasteiger partial charge on any atom is 0.223 e. The van der Waals surface area contributed by atoms with Crippen molar-refractivity contribution < 1.29 is 0 Å². The summed E-state index contributed by atoms with van der Waals surface area (Å²) < 4.78 is 0. The molecule has 1 aliphatic rings. The van der Waals surface area contributed by atoms with Crippen LogP contribution in [0.5, 0.6) is 0 Å². The zero-order chi connectivity index (χ0) is 14.8. The predicted molar refractivity (Wildman–Crippen MR) is 90.1 cm³/mol. The largest absolute Gasteiger partial charge is 0.368 e. The van der Waals surface area contributed by atoms with Crippen molar-refractivity contribution in [2.75, 3.05) is 43.9 Å². The Labute approximate surface area is 129 Å². The van der Waals surface area contributed by atoms with Gasteiger partial charge in [0.15, 0.2) is 0 Å². The lowest BCUT2D eigenvalue weighted by molar-refractivity contribution is 0.346. The number of fused-ring (bicyclic) bond motifs is 1. The summed E-state index contributed by atoms with van der Waals surface area (Å²) in [6.07, 6.45) is 3.69. The first-order valence-corrected chi connectivity index (χ1v) is 8.48. The molecule has 2 aromatic heterocycles. The Morgan fingerprint density at radius 2 is 2.10 bits per heavy atom. The second-order valence-electron chi connectivity index (χ2n) is 5.66. The third kappa shape index (κ3) is 3.11. The van der Waals surface area contributed by atoms with Gasteiger partial charge in [0.05, 0.1) is 5.39 Å². The molecule has 1 saturated heterocycles. The van der Waals surface area contributed by atoms with E-state index in [1.165, 1.54) is 30.8 Å². The summed E-state index contributed by atoms with van der Waals surface area (Å²) >= 11 is 1.72. The van der Waals surface area contributed by atoms with Gasteiger partial charge in [-0.1, -0.05) is 6.92 Å². The molecular formula is C15H23N5S. The second kappa shape index (κ2) is 6.15. The van der Waals surface area contributed by atoms with Crippen LogP contribution in [0.4, 0.5) is 11.8 Å². The van der Waals surface area contributed by atoms with Crippen molar-refractivity contribution in [3.63, 3.8) is 0 Å². The molecular weight excluding hydrogens is 282 g/mol. The number of thiophene rings is 1. The van der Waals surface area contributed by atoms with E-state index >= 15 is 0 Å². The molecule has 2 aromatic rings. The van der Waals surface area contributed by atoms with E-state index in [9.17, 15) is 0 Å². The zero-order valence-corrected chi connectivity index (χ0v) is 13.6. The molecule has 0 amide bonds. The molecule has 0 spiro atoms. The van der Waals surface area contributed by atoms with Gasteiger partial charge in [-0.25, -0.2) is 4.98 Å². The highest BCUT2D eigenvalue weighted by atomic mass is 32.1. The van der Waals surface area contributed by atoms with E-state index < -0.39 is 0 Å². The lowest BCUT2D eigenvalue weighted by Gasteiger charge is -2.22. The molecule has 1 aliphatic heterocycles. The minimum Gasteiger partial charge on any atom is -0.368 e. The van der Waals surface area contributed by atoms with Gasteiger partial charge in [0.1, 0.15) is 10.6 Å². The Kier molecular flexibility index (Phi) is 4.26. The maximum atomic E-state index is 5.88. The van der Waals surface area contributed by atoms with E-state index in [0.717, 1.165) is 35.5 Å². The summed E-state index contributed by atoms with van der Waals surface area (Å²) in [5, 5.41) is 1.13. The van der Waals surface area contributed by atoms with Crippen molar-refractivity contribution in [1.29, 1.82) is 0 Å². The van der Waals surface area contributed by atoms with Crippen molar-refractivity contribution in [3.05, 3.63) is 10.9 Å². The number of rotatable bonds is 5. The van der Waals surface area contributed by atoms with Gasteiger partial charge in [-0.2, -0.15) is 4.98 Å². The SMILES string of the molecule is CCc1cc2c(N(C)CCN3CCCC3)nc(N)nc2s1. The summed E-state index contributed by atoms with van der Waals surface area (Å²) in [6.45, 7) is 6.69. The topological polar surface area (TPSA) is 58.3 Å². The summed E-state index contributed by atoms with van der Waals surface area (Å²) in [5.74, 6) is 1.34. The maximum absolute atomic E-state index is 5.88. The lowest BCUT2D eigenvalue weighted by atomic mass is 10.3. The van der Waals surface area contributed by atoms with Crippen LogP contribution in [0.3, 0.4) is 0 Å². The first kappa shape index (κ1) is 14.5. The number of anilines is 2. The van der Waals surface area contributed by atoms with Crippen LogP contribution >= 0.6 is 11.3 Å². The van der Waals surface area contributed by atoms with Crippen LogP contribution < -0.4 is 10.6 Å². The van der Waals surface area contributed by atoms with Crippen LogP contribution in [-0.2, 0) is 6.42 Å². The first-order chi connectivity index (χ1) is 10.2. The third-order valence-corrected chi connectivity index (χ3v) is 5.27. The van der Waals surface area contributed by atoms with Gasteiger partial charge in [-0.15, -0.1) is 11.3 Å². The van der Waals surface area contributed by atoms with Crippen LogP contribution in [0.25, 0.3) is 10.2 Å². The number of aromatic nitrogens is 2. The normalized spacial score (nSPS) is 15.9. The van der Waals surface area contributed by atoms with Gasteiger partial charge in [0, 0.05) is 25.0 Å². The van der Waals surface area contributed by atoms with E-state index in [2.05, 4.69) is 39.8 Å². The standard InChI is InChI=1S/C15H23N5S/c1-3-11-10-12-13(17-15(16)18-14(12)21-11)19(2)8-9-20-6-4-5-7-20/h10H,3-9H2,1-2H3,(H2,16,17,18). The zero-order valence-electron chi connectivity index (χ0n) is 12.8. The fraction of sp³-hybridized carbons (Fsp3) is 0.600. The molecule has 114 valence electrons. The Balaban J connectivity index is 1.81. The molecule has 1 fully saturated rings. The van der Waals surface area contributed by atoms with E-state index in [1.807, 2.05) is 0 Å². The van der Waals surface area contributed by atoms with Gasteiger partial charge < -0.3 is 15.5 Å². The van der Waals surface area contributed by atoms with Gasteiger partial charge in [0.2, 0.25) is 5.95 Å². The molecule has 0 unspecified atom stereocenters. The number of likely N-dealkylation sites (N-methyl/N-ethyl adjacent to an activating group) is 1. The lowest BCUT2D eigenvalue weighted by Crippen LogP contribution is -2.32. The molecule has 3 rings (SSSR count). The summed E-state index contributed by atoms with van der Waals surface area (Å²) in [5.41, 5.74) is 5.88. The number of hydrogen-bond acceptors (Lipinski definition) is 6. The predicted octanol–water partition coefficient (Wildman–Crippen LogP) is 2.37. The molecule has 3 heterocycles. The minimum absolute atomic E-state index is 0.370. The van der Waals surface area contributed by atoms with Crippen LogP contribution in [0.15, 0.2) is 6.07 Å². The highest BCUT2D eigenvalue weighted by molar-refractivity contribution is 7.18. The molecule has 6 heteroatoms. The van der Waals surface area contributed by atoms with Crippen LogP contribution in [0.1, 0.15) is 24.6 Å². The average Bonchev–Trinajstić information content (AvgIpc) is 3.12. The average molecular weight is 305 g/mol. The van der Waals surface area contributed by atoms with Gasteiger partial charge >= 0.3 is 0 Å². The number of hydrogen-bond donors (Lipinski definition) is 1. The molecule has 21 heavy (non-hydrogen) atoms. The number of nitrogens with zero attached hydrogens (tertiary/aromatic N) is 4. The fourth-order valence-corrected chi connectivity index (χ4v) is 3.81. The van der Waals surface area contributed by atoms with Crippen molar-refractivity contribution in [2.45, 2.75) is 26.2 Å². The third-order valence-electron chi connectivity index (χ3n) is 4.10. The quantitative estimate of drug-likeness (QED) is 0.919. The molecule has 0 radical (unpaired) electrons. The van der Waals surface area contributed by atoms with E-state index in [4.69, 9.17) is 5.73 Å².